The topological polar surface area (TPSA) is 17.1 Å². The van der Waals surface area contributed by atoms with Gasteiger partial charge in [-0.25, -0.2) is 0 Å². The second kappa shape index (κ2) is 5.03. The van der Waals surface area contributed by atoms with Crippen LogP contribution in [0.15, 0.2) is 30.3 Å². The minimum atomic E-state index is 0.138. The third-order valence-corrected chi connectivity index (χ3v) is 4.34. The number of aryl methyl sites for hydroxylation is 2. The second-order valence-corrected chi connectivity index (χ2v) is 5.75. The van der Waals surface area contributed by atoms with Gasteiger partial charge in [0.25, 0.3) is 0 Å². The van der Waals surface area contributed by atoms with Crippen LogP contribution in [0.25, 0.3) is 0 Å². The standard InChI is InChI=1S/C14H13ClOS/c1-9-5-3-4-6-11(9)8-12(16)13-7-10(2)14(15)17-13/h3-7H,8H2,1-2H3. The maximum absolute atomic E-state index is 12.1. The van der Waals surface area contributed by atoms with Gasteiger partial charge in [-0.05, 0) is 36.6 Å². The highest BCUT2D eigenvalue weighted by atomic mass is 35.5. The number of halogens is 1. The predicted octanol–water partition coefficient (Wildman–Crippen LogP) is 4.44. The highest BCUT2D eigenvalue weighted by Crippen LogP contribution is 2.27. The number of hydrogen-bond donors (Lipinski definition) is 0. The molecule has 0 spiro atoms. The van der Waals surface area contributed by atoms with Gasteiger partial charge in [0.1, 0.15) is 0 Å². The molecular weight excluding hydrogens is 252 g/mol. The minimum absolute atomic E-state index is 0.138. The lowest BCUT2D eigenvalue weighted by molar-refractivity contribution is 0.0996. The number of thiophene rings is 1. The Kier molecular flexibility index (Phi) is 3.65. The smallest absolute Gasteiger partial charge is 0.177 e. The van der Waals surface area contributed by atoms with E-state index < -0.39 is 0 Å². The molecule has 0 saturated heterocycles. The van der Waals surface area contributed by atoms with Gasteiger partial charge in [0.2, 0.25) is 0 Å². The number of ketones is 1. The number of hydrogen-bond acceptors (Lipinski definition) is 2. The van der Waals surface area contributed by atoms with Gasteiger partial charge in [-0.2, -0.15) is 0 Å². The summed E-state index contributed by atoms with van der Waals surface area (Å²) in [6.45, 7) is 3.94. The van der Waals surface area contributed by atoms with Crippen LogP contribution in [0.3, 0.4) is 0 Å². The summed E-state index contributed by atoms with van der Waals surface area (Å²) in [7, 11) is 0. The van der Waals surface area contributed by atoms with Crippen LogP contribution in [0.1, 0.15) is 26.4 Å². The molecule has 3 heteroatoms. The Hall–Kier alpha value is -1.12. The summed E-state index contributed by atoms with van der Waals surface area (Å²) in [5.74, 6) is 0.138. The monoisotopic (exact) mass is 264 g/mol. The predicted molar refractivity (Wildman–Crippen MR) is 73.3 cm³/mol. The van der Waals surface area contributed by atoms with Crippen LogP contribution in [-0.4, -0.2) is 5.78 Å². The SMILES string of the molecule is Cc1ccccc1CC(=O)c1cc(C)c(Cl)s1. The lowest BCUT2D eigenvalue weighted by Gasteiger charge is -2.03. The summed E-state index contributed by atoms with van der Waals surface area (Å²) in [6, 6.07) is 9.83. The molecule has 2 rings (SSSR count). The van der Waals surface area contributed by atoms with E-state index in [4.69, 9.17) is 11.6 Å². The van der Waals surface area contributed by atoms with E-state index in [0.29, 0.717) is 10.8 Å². The van der Waals surface area contributed by atoms with Crippen molar-refractivity contribution in [2.75, 3.05) is 0 Å². The average molecular weight is 265 g/mol. The molecular formula is C14H13ClOS. The van der Waals surface area contributed by atoms with Crippen LogP contribution in [0.2, 0.25) is 4.34 Å². The van der Waals surface area contributed by atoms with E-state index >= 15 is 0 Å². The summed E-state index contributed by atoms with van der Waals surface area (Å²) in [4.78, 5) is 12.8. The molecule has 0 aliphatic heterocycles. The van der Waals surface area contributed by atoms with Crippen molar-refractivity contribution in [1.29, 1.82) is 0 Å². The van der Waals surface area contributed by atoms with Gasteiger partial charge in [0, 0.05) is 6.42 Å². The van der Waals surface area contributed by atoms with Crippen molar-refractivity contribution in [2.24, 2.45) is 0 Å². The van der Waals surface area contributed by atoms with Gasteiger partial charge in [-0.1, -0.05) is 35.9 Å². The quantitative estimate of drug-likeness (QED) is 0.749. The van der Waals surface area contributed by atoms with Gasteiger partial charge in [-0.3, -0.25) is 4.79 Å². The highest BCUT2D eigenvalue weighted by Gasteiger charge is 2.12. The van der Waals surface area contributed by atoms with Crippen LogP contribution in [0, 0.1) is 13.8 Å². The molecule has 88 valence electrons. The fourth-order valence-electron chi connectivity index (χ4n) is 1.67. The maximum Gasteiger partial charge on any atom is 0.177 e. The van der Waals surface area contributed by atoms with E-state index in [1.54, 1.807) is 0 Å². The lowest BCUT2D eigenvalue weighted by atomic mass is 10.0. The van der Waals surface area contributed by atoms with Crippen LogP contribution in [-0.2, 0) is 6.42 Å². The molecule has 0 amide bonds. The lowest BCUT2D eigenvalue weighted by Crippen LogP contribution is -2.02. The number of Topliss-reactive ketones (excluding diaryl/α,β-unsaturated/α-hetero) is 1. The van der Waals surface area contributed by atoms with Crippen molar-refractivity contribution in [3.05, 3.63) is 56.2 Å². The summed E-state index contributed by atoms with van der Waals surface area (Å²) in [5.41, 5.74) is 3.21. The summed E-state index contributed by atoms with van der Waals surface area (Å²) in [6.07, 6.45) is 0.447. The first-order valence-corrected chi connectivity index (χ1v) is 6.61. The summed E-state index contributed by atoms with van der Waals surface area (Å²) < 4.78 is 0.707. The Morgan fingerprint density at radius 2 is 1.94 bits per heavy atom. The fourth-order valence-corrected chi connectivity index (χ4v) is 2.80. The second-order valence-electron chi connectivity index (χ2n) is 4.09. The van der Waals surface area contributed by atoms with Crippen molar-refractivity contribution in [1.82, 2.24) is 0 Å². The first kappa shape index (κ1) is 12.3. The van der Waals surface area contributed by atoms with Gasteiger partial charge < -0.3 is 0 Å². The largest absolute Gasteiger partial charge is 0.293 e. The van der Waals surface area contributed by atoms with Crippen molar-refractivity contribution >= 4 is 28.7 Å². The van der Waals surface area contributed by atoms with E-state index in [1.165, 1.54) is 11.3 Å². The van der Waals surface area contributed by atoms with E-state index in [-0.39, 0.29) is 5.78 Å². The molecule has 1 aromatic heterocycles. The van der Waals surface area contributed by atoms with Gasteiger partial charge in [0.05, 0.1) is 9.21 Å². The molecule has 0 aliphatic carbocycles. The Morgan fingerprint density at radius 1 is 1.24 bits per heavy atom. The maximum atomic E-state index is 12.1. The van der Waals surface area contributed by atoms with Crippen molar-refractivity contribution in [3.63, 3.8) is 0 Å². The third kappa shape index (κ3) is 2.76. The molecule has 0 aliphatic rings. The molecule has 0 saturated carbocycles. The highest BCUT2D eigenvalue weighted by molar-refractivity contribution is 7.18. The van der Waals surface area contributed by atoms with Gasteiger partial charge >= 0.3 is 0 Å². The molecule has 0 N–H and O–H groups in total. The van der Waals surface area contributed by atoms with Gasteiger partial charge in [0.15, 0.2) is 5.78 Å². The fraction of sp³-hybridized carbons (Fsp3) is 0.214. The van der Waals surface area contributed by atoms with E-state index in [9.17, 15) is 4.79 Å². The molecule has 1 heterocycles. The Balaban J connectivity index is 2.20. The number of rotatable bonds is 3. The number of carbonyl (C=O) groups is 1. The van der Waals surface area contributed by atoms with Crippen LogP contribution in [0.4, 0.5) is 0 Å². The van der Waals surface area contributed by atoms with Crippen LogP contribution >= 0.6 is 22.9 Å². The van der Waals surface area contributed by atoms with E-state index in [2.05, 4.69) is 0 Å². The summed E-state index contributed by atoms with van der Waals surface area (Å²) >= 11 is 7.34. The number of benzene rings is 1. The third-order valence-electron chi connectivity index (χ3n) is 2.74. The van der Waals surface area contributed by atoms with Crippen LogP contribution in [0.5, 0.6) is 0 Å². The molecule has 0 atom stereocenters. The van der Waals surface area contributed by atoms with Crippen molar-refractivity contribution in [3.8, 4) is 0 Å². The zero-order valence-corrected chi connectivity index (χ0v) is 11.4. The Bertz CT molecular complexity index is 538. The van der Waals surface area contributed by atoms with Gasteiger partial charge in [-0.15, -0.1) is 11.3 Å². The number of carbonyl (C=O) groups excluding carboxylic acids is 1. The zero-order valence-electron chi connectivity index (χ0n) is 9.79. The van der Waals surface area contributed by atoms with Crippen molar-refractivity contribution in [2.45, 2.75) is 20.3 Å². The zero-order chi connectivity index (χ0) is 12.4. The summed E-state index contributed by atoms with van der Waals surface area (Å²) in [5, 5.41) is 0. The van der Waals surface area contributed by atoms with Crippen molar-refractivity contribution < 1.29 is 4.79 Å². The minimum Gasteiger partial charge on any atom is -0.293 e. The Morgan fingerprint density at radius 3 is 2.53 bits per heavy atom. The Labute approximate surface area is 110 Å². The molecule has 0 radical (unpaired) electrons. The first-order chi connectivity index (χ1) is 8.08. The van der Waals surface area contributed by atoms with E-state index in [1.807, 2.05) is 44.2 Å². The molecule has 1 aromatic carbocycles. The molecule has 0 bridgehead atoms. The molecule has 2 aromatic rings. The molecule has 17 heavy (non-hydrogen) atoms. The molecule has 0 unspecified atom stereocenters. The van der Waals surface area contributed by atoms with Crippen LogP contribution < -0.4 is 0 Å². The molecule has 1 nitrogen and oxygen atoms in total. The van der Waals surface area contributed by atoms with E-state index in [0.717, 1.165) is 21.6 Å². The normalized spacial score (nSPS) is 10.5. The average Bonchev–Trinajstić information content (AvgIpc) is 2.63. The molecule has 0 fully saturated rings. The first-order valence-electron chi connectivity index (χ1n) is 5.41.